The Morgan fingerprint density at radius 3 is 2.31 bits per heavy atom. The van der Waals surface area contributed by atoms with Crippen LogP contribution in [0.4, 0.5) is 17.2 Å². The Bertz CT molecular complexity index is 928. The van der Waals surface area contributed by atoms with Crippen molar-refractivity contribution in [2.24, 2.45) is 0 Å². The van der Waals surface area contributed by atoms with Gasteiger partial charge in [-0.2, -0.15) is 0 Å². The lowest BCUT2D eigenvalue weighted by Gasteiger charge is -2.11. The maximum absolute atomic E-state index is 12.1. The molecule has 0 fully saturated rings. The molecule has 0 radical (unpaired) electrons. The van der Waals surface area contributed by atoms with Crippen LogP contribution >= 0.6 is 0 Å². The van der Waals surface area contributed by atoms with Crippen LogP contribution in [0.2, 0.25) is 0 Å². The molecular weight excluding hydrogens is 370 g/mol. The minimum Gasteiger partial charge on any atom is -0.494 e. The van der Waals surface area contributed by atoms with Crippen LogP contribution in [-0.4, -0.2) is 31.2 Å². The van der Waals surface area contributed by atoms with E-state index in [1.165, 1.54) is 0 Å². The first-order chi connectivity index (χ1) is 14.2. The van der Waals surface area contributed by atoms with E-state index in [9.17, 15) is 4.79 Å². The summed E-state index contributed by atoms with van der Waals surface area (Å²) < 4.78 is 16.1. The Kier molecular flexibility index (Phi) is 6.89. The molecule has 7 heteroatoms. The predicted molar refractivity (Wildman–Crippen MR) is 112 cm³/mol. The number of para-hydroxylation sites is 2. The van der Waals surface area contributed by atoms with Gasteiger partial charge in [-0.25, -0.2) is 4.98 Å². The standard InChI is InChI=1S/C22H23N3O4/c1-3-28-18-11-8-16(9-12-18)24-17-10-13-21(23-14-17)25-22(26)15-29-20-7-5-4-6-19(20)27-2/h4-14,24H,3,15H2,1-2H3,(H,23,25,26). The molecule has 0 aliphatic rings. The zero-order valence-electron chi connectivity index (χ0n) is 16.3. The molecule has 1 aromatic heterocycles. The maximum Gasteiger partial charge on any atom is 0.263 e. The Morgan fingerprint density at radius 1 is 0.931 bits per heavy atom. The normalized spacial score (nSPS) is 10.1. The topological polar surface area (TPSA) is 81.7 Å². The van der Waals surface area contributed by atoms with Gasteiger partial charge in [-0.15, -0.1) is 0 Å². The second-order valence-electron chi connectivity index (χ2n) is 6.00. The van der Waals surface area contributed by atoms with Gasteiger partial charge in [-0.3, -0.25) is 4.79 Å². The first kappa shape index (κ1) is 20.0. The molecule has 3 aromatic rings. The summed E-state index contributed by atoms with van der Waals surface area (Å²) in [6.07, 6.45) is 1.65. The van der Waals surface area contributed by atoms with Crippen molar-refractivity contribution in [1.82, 2.24) is 4.98 Å². The number of hydrogen-bond donors (Lipinski definition) is 2. The van der Waals surface area contributed by atoms with Gasteiger partial charge < -0.3 is 24.8 Å². The van der Waals surface area contributed by atoms with Crippen molar-refractivity contribution in [1.29, 1.82) is 0 Å². The number of ether oxygens (including phenoxy) is 3. The summed E-state index contributed by atoms with van der Waals surface area (Å²) in [6.45, 7) is 2.44. The van der Waals surface area contributed by atoms with Crippen molar-refractivity contribution >= 4 is 23.1 Å². The molecule has 0 spiro atoms. The van der Waals surface area contributed by atoms with E-state index in [2.05, 4.69) is 15.6 Å². The van der Waals surface area contributed by atoms with Crippen LogP contribution in [0.1, 0.15) is 6.92 Å². The van der Waals surface area contributed by atoms with E-state index < -0.39 is 0 Å². The van der Waals surface area contributed by atoms with Gasteiger partial charge in [0, 0.05) is 5.69 Å². The molecular formula is C22H23N3O4. The van der Waals surface area contributed by atoms with Gasteiger partial charge in [-0.05, 0) is 55.5 Å². The molecule has 7 nitrogen and oxygen atoms in total. The van der Waals surface area contributed by atoms with Crippen molar-refractivity contribution in [2.45, 2.75) is 6.92 Å². The number of hydrogen-bond acceptors (Lipinski definition) is 6. The molecule has 1 heterocycles. The summed E-state index contributed by atoms with van der Waals surface area (Å²) in [6, 6.07) is 18.4. The molecule has 2 aromatic carbocycles. The van der Waals surface area contributed by atoms with Gasteiger partial charge in [-0.1, -0.05) is 12.1 Å². The predicted octanol–water partition coefficient (Wildman–Crippen LogP) is 4.25. The van der Waals surface area contributed by atoms with Gasteiger partial charge in [0.1, 0.15) is 11.6 Å². The minimum absolute atomic E-state index is 0.145. The number of methoxy groups -OCH3 is 1. The Labute approximate surface area is 169 Å². The van der Waals surface area contributed by atoms with Crippen LogP contribution in [0.5, 0.6) is 17.2 Å². The van der Waals surface area contributed by atoms with E-state index in [1.807, 2.05) is 49.4 Å². The summed E-state index contributed by atoms with van der Waals surface area (Å²) in [4.78, 5) is 16.4. The Morgan fingerprint density at radius 2 is 1.66 bits per heavy atom. The molecule has 0 bridgehead atoms. The molecule has 1 amide bonds. The van der Waals surface area contributed by atoms with Gasteiger partial charge in [0.05, 0.1) is 25.6 Å². The van der Waals surface area contributed by atoms with Gasteiger partial charge in [0.25, 0.3) is 5.91 Å². The van der Waals surface area contributed by atoms with Crippen LogP contribution in [0.3, 0.4) is 0 Å². The minimum atomic E-state index is -0.310. The number of amides is 1. The van der Waals surface area contributed by atoms with Crippen molar-refractivity contribution < 1.29 is 19.0 Å². The third-order valence-corrected chi connectivity index (χ3v) is 3.91. The number of carbonyl (C=O) groups is 1. The summed E-state index contributed by atoms with van der Waals surface area (Å²) in [7, 11) is 1.55. The fourth-order valence-corrected chi connectivity index (χ4v) is 2.57. The average molecular weight is 393 g/mol. The molecule has 0 unspecified atom stereocenters. The number of pyridine rings is 1. The zero-order chi connectivity index (χ0) is 20.5. The molecule has 0 aliphatic carbocycles. The highest BCUT2D eigenvalue weighted by Crippen LogP contribution is 2.25. The van der Waals surface area contributed by atoms with E-state index in [0.717, 1.165) is 17.1 Å². The first-order valence-corrected chi connectivity index (χ1v) is 9.19. The summed E-state index contributed by atoms with van der Waals surface area (Å²) in [5.41, 5.74) is 1.72. The van der Waals surface area contributed by atoms with E-state index in [1.54, 1.807) is 31.5 Å². The highest BCUT2D eigenvalue weighted by molar-refractivity contribution is 5.91. The summed E-state index contributed by atoms with van der Waals surface area (Å²) >= 11 is 0. The van der Waals surface area contributed by atoms with Gasteiger partial charge >= 0.3 is 0 Å². The second-order valence-corrected chi connectivity index (χ2v) is 6.00. The highest BCUT2D eigenvalue weighted by atomic mass is 16.5. The number of anilines is 3. The molecule has 0 aliphatic heterocycles. The maximum atomic E-state index is 12.1. The molecule has 3 rings (SSSR count). The molecule has 0 saturated carbocycles. The number of carbonyl (C=O) groups excluding carboxylic acids is 1. The second kappa shape index (κ2) is 9.98. The highest BCUT2D eigenvalue weighted by Gasteiger charge is 2.08. The molecule has 0 saturated heterocycles. The van der Waals surface area contributed by atoms with Crippen molar-refractivity contribution in [2.75, 3.05) is 31.0 Å². The SMILES string of the molecule is CCOc1ccc(Nc2ccc(NC(=O)COc3ccccc3OC)nc2)cc1. The van der Waals surface area contributed by atoms with Gasteiger partial charge in [0.2, 0.25) is 0 Å². The molecule has 2 N–H and O–H groups in total. The number of nitrogens with zero attached hydrogens (tertiary/aromatic N) is 1. The van der Waals surface area contributed by atoms with Crippen LogP contribution < -0.4 is 24.8 Å². The number of rotatable bonds is 9. The largest absolute Gasteiger partial charge is 0.494 e. The lowest BCUT2D eigenvalue weighted by atomic mass is 10.3. The third kappa shape index (κ3) is 5.87. The van der Waals surface area contributed by atoms with Crippen LogP contribution in [0, 0.1) is 0 Å². The number of nitrogens with one attached hydrogen (secondary N) is 2. The van der Waals surface area contributed by atoms with E-state index >= 15 is 0 Å². The lowest BCUT2D eigenvalue weighted by Crippen LogP contribution is -2.20. The van der Waals surface area contributed by atoms with Crippen LogP contribution in [-0.2, 0) is 4.79 Å². The quantitative estimate of drug-likeness (QED) is 0.566. The zero-order valence-corrected chi connectivity index (χ0v) is 16.3. The smallest absolute Gasteiger partial charge is 0.263 e. The van der Waals surface area contributed by atoms with E-state index in [4.69, 9.17) is 14.2 Å². The van der Waals surface area contributed by atoms with Crippen molar-refractivity contribution in [3.63, 3.8) is 0 Å². The fraction of sp³-hybridized carbons (Fsp3) is 0.182. The monoisotopic (exact) mass is 393 g/mol. The Hall–Kier alpha value is -3.74. The molecule has 0 atom stereocenters. The van der Waals surface area contributed by atoms with Crippen molar-refractivity contribution in [3.8, 4) is 17.2 Å². The Balaban J connectivity index is 1.51. The average Bonchev–Trinajstić information content (AvgIpc) is 2.75. The third-order valence-electron chi connectivity index (χ3n) is 3.91. The summed E-state index contributed by atoms with van der Waals surface area (Å²) in [5, 5.41) is 5.95. The number of benzene rings is 2. The van der Waals surface area contributed by atoms with E-state index in [0.29, 0.717) is 23.9 Å². The lowest BCUT2D eigenvalue weighted by molar-refractivity contribution is -0.118. The fourth-order valence-electron chi connectivity index (χ4n) is 2.57. The summed E-state index contributed by atoms with van der Waals surface area (Å²) in [5.74, 6) is 2.03. The molecule has 150 valence electrons. The first-order valence-electron chi connectivity index (χ1n) is 9.19. The number of aromatic nitrogens is 1. The van der Waals surface area contributed by atoms with Crippen LogP contribution in [0.25, 0.3) is 0 Å². The van der Waals surface area contributed by atoms with Gasteiger partial charge in [0.15, 0.2) is 18.1 Å². The van der Waals surface area contributed by atoms with E-state index in [-0.39, 0.29) is 12.5 Å². The van der Waals surface area contributed by atoms with Crippen LogP contribution in [0.15, 0.2) is 66.9 Å². The van der Waals surface area contributed by atoms with Crippen molar-refractivity contribution in [3.05, 3.63) is 66.9 Å². The molecule has 29 heavy (non-hydrogen) atoms.